The van der Waals surface area contributed by atoms with Crippen LogP contribution in [-0.4, -0.2) is 36.9 Å². The molecule has 0 aromatic rings. The van der Waals surface area contributed by atoms with E-state index in [1.54, 1.807) is 6.92 Å². The Morgan fingerprint density at radius 3 is 2.00 bits per heavy atom. The summed E-state index contributed by atoms with van der Waals surface area (Å²) >= 11 is 0. The smallest absolute Gasteiger partial charge is 0.303 e. The molecule has 0 amide bonds. The Kier molecular flexibility index (Phi) is 13.1. The Balaban J connectivity index is 0. The van der Waals surface area contributed by atoms with E-state index in [9.17, 15) is 9.59 Å². The van der Waals surface area contributed by atoms with Crippen molar-refractivity contribution < 1.29 is 24.2 Å². The molecule has 5 heteroatoms. The van der Waals surface area contributed by atoms with Crippen molar-refractivity contribution in [3.8, 4) is 0 Å². The molecule has 0 fully saturated rings. The molecular formula is C9H18O5. The van der Waals surface area contributed by atoms with Gasteiger partial charge in [0, 0.05) is 20.0 Å². The predicted octanol–water partition coefficient (Wildman–Crippen LogP) is 1.07. The van der Waals surface area contributed by atoms with Gasteiger partial charge in [-0.1, -0.05) is 6.92 Å². The number of esters is 1. The van der Waals surface area contributed by atoms with Crippen molar-refractivity contribution >= 4 is 11.9 Å². The van der Waals surface area contributed by atoms with Crippen molar-refractivity contribution in [1.29, 1.82) is 0 Å². The van der Waals surface area contributed by atoms with Gasteiger partial charge >= 0.3 is 11.9 Å². The van der Waals surface area contributed by atoms with E-state index < -0.39 is 5.97 Å². The van der Waals surface area contributed by atoms with Crippen molar-refractivity contribution in [2.45, 2.75) is 27.2 Å². The summed E-state index contributed by atoms with van der Waals surface area (Å²) in [6, 6.07) is 0. The van der Waals surface area contributed by atoms with Crippen LogP contribution >= 0.6 is 0 Å². The van der Waals surface area contributed by atoms with E-state index in [-0.39, 0.29) is 12.4 Å². The molecule has 0 aliphatic rings. The predicted molar refractivity (Wildman–Crippen MR) is 51.1 cm³/mol. The zero-order valence-electron chi connectivity index (χ0n) is 8.91. The normalized spacial score (nSPS) is 8.50. The van der Waals surface area contributed by atoms with Crippen molar-refractivity contribution in [3.63, 3.8) is 0 Å². The third-order valence-corrected chi connectivity index (χ3v) is 1.04. The molecule has 0 saturated heterocycles. The van der Waals surface area contributed by atoms with Crippen LogP contribution in [0, 0.1) is 0 Å². The van der Waals surface area contributed by atoms with Gasteiger partial charge in [-0.15, -0.1) is 0 Å². The van der Waals surface area contributed by atoms with Crippen LogP contribution in [0.2, 0.25) is 0 Å². The first-order valence-corrected chi connectivity index (χ1v) is 4.47. The molecule has 0 atom stereocenters. The van der Waals surface area contributed by atoms with Crippen LogP contribution in [0.25, 0.3) is 0 Å². The largest absolute Gasteiger partial charge is 0.481 e. The van der Waals surface area contributed by atoms with Gasteiger partial charge in [0.25, 0.3) is 0 Å². The molecule has 0 aromatic carbocycles. The first-order chi connectivity index (χ1) is 6.54. The number of carbonyl (C=O) groups is 2. The molecule has 14 heavy (non-hydrogen) atoms. The highest BCUT2D eigenvalue weighted by atomic mass is 16.6. The van der Waals surface area contributed by atoms with Gasteiger partial charge in [0.05, 0.1) is 6.61 Å². The number of rotatable bonds is 5. The Morgan fingerprint density at radius 2 is 1.71 bits per heavy atom. The number of ether oxygens (including phenoxy) is 2. The summed E-state index contributed by atoms with van der Waals surface area (Å²) in [4.78, 5) is 19.5. The maximum Gasteiger partial charge on any atom is 0.303 e. The molecule has 1 N–H and O–H groups in total. The lowest BCUT2D eigenvalue weighted by Crippen LogP contribution is -2.06. The molecule has 0 aliphatic carbocycles. The van der Waals surface area contributed by atoms with Gasteiger partial charge in [-0.3, -0.25) is 9.59 Å². The van der Waals surface area contributed by atoms with Gasteiger partial charge < -0.3 is 14.6 Å². The maximum atomic E-state index is 10.1. The van der Waals surface area contributed by atoms with E-state index in [0.717, 1.165) is 0 Å². The highest BCUT2D eigenvalue weighted by molar-refractivity contribution is 5.66. The fraction of sp³-hybridized carbons (Fsp3) is 0.778. The molecule has 0 radical (unpaired) electrons. The van der Waals surface area contributed by atoms with Crippen LogP contribution in [0.3, 0.4) is 0 Å². The second kappa shape index (κ2) is 11.9. The van der Waals surface area contributed by atoms with Crippen LogP contribution in [-0.2, 0) is 19.1 Å². The average molecular weight is 206 g/mol. The van der Waals surface area contributed by atoms with Gasteiger partial charge in [-0.25, -0.2) is 0 Å². The lowest BCUT2D eigenvalue weighted by atomic mass is 10.5. The van der Waals surface area contributed by atoms with Crippen LogP contribution < -0.4 is 0 Å². The molecule has 0 unspecified atom stereocenters. The number of hydrogen-bond acceptors (Lipinski definition) is 4. The summed E-state index contributed by atoms with van der Waals surface area (Å²) in [5, 5.41) is 7.72. The summed E-state index contributed by atoms with van der Waals surface area (Å²) < 4.78 is 9.49. The van der Waals surface area contributed by atoms with Gasteiger partial charge in [-0.2, -0.15) is 0 Å². The number of carboxylic acid groups (broad SMARTS) is 1. The first kappa shape index (κ1) is 15.4. The Morgan fingerprint density at radius 1 is 1.21 bits per heavy atom. The summed E-state index contributed by atoms with van der Waals surface area (Å²) in [5.41, 5.74) is 0. The Hall–Kier alpha value is -1.10. The van der Waals surface area contributed by atoms with Crippen LogP contribution in [0.4, 0.5) is 0 Å². The summed E-state index contributed by atoms with van der Waals surface area (Å²) in [6.45, 7) is 6.41. The molecule has 0 aliphatic heterocycles. The summed E-state index contributed by atoms with van der Waals surface area (Å²) in [6.07, 6.45) is 0.222. The van der Waals surface area contributed by atoms with E-state index >= 15 is 0 Å². The van der Waals surface area contributed by atoms with E-state index in [4.69, 9.17) is 9.84 Å². The molecule has 5 nitrogen and oxygen atoms in total. The minimum absolute atomic E-state index is 0.222. The molecule has 0 heterocycles. The van der Waals surface area contributed by atoms with E-state index in [2.05, 4.69) is 4.74 Å². The highest BCUT2D eigenvalue weighted by Crippen LogP contribution is 1.77. The minimum atomic E-state index is -0.745. The van der Waals surface area contributed by atoms with E-state index in [1.807, 2.05) is 6.92 Å². The molecule has 0 saturated carbocycles. The van der Waals surface area contributed by atoms with Crippen molar-refractivity contribution in [1.82, 2.24) is 0 Å². The van der Waals surface area contributed by atoms with E-state index in [0.29, 0.717) is 19.8 Å². The summed E-state index contributed by atoms with van der Waals surface area (Å²) in [5.74, 6) is -1.00. The second-order valence-electron chi connectivity index (χ2n) is 2.28. The number of hydrogen-bond donors (Lipinski definition) is 1. The maximum absolute atomic E-state index is 10.1. The number of carboxylic acids is 1. The highest BCUT2D eigenvalue weighted by Gasteiger charge is 1.89. The van der Waals surface area contributed by atoms with Crippen molar-refractivity contribution in [2.75, 3.05) is 19.8 Å². The lowest BCUT2D eigenvalue weighted by Gasteiger charge is -1.99. The minimum Gasteiger partial charge on any atom is -0.481 e. The molecule has 0 aromatic heterocycles. The van der Waals surface area contributed by atoms with E-state index in [1.165, 1.54) is 6.92 Å². The quantitative estimate of drug-likeness (QED) is 0.538. The molecule has 0 spiro atoms. The molecule has 0 rings (SSSR count). The SMILES string of the molecule is CCC(=O)O.CCOCCOC(C)=O. The average Bonchev–Trinajstić information content (AvgIpc) is 2.13. The third-order valence-electron chi connectivity index (χ3n) is 1.04. The monoisotopic (exact) mass is 206 g/mol. The van der Waals surface area contributed by atoms with Gasteiger partial charge in [0.2, 0.25) is 0 Å². The topological polar surface area (TPSA) is 72.8 Å². The third kappa shape index (κ3) is 22.4. The number of aliphatic carboxylic acids is 1. The van der Waals surface area contributed by atoms with Gasteiger partial charge in [0.1, 0.15) is 6.61 Å². The lowest BCUT2D eigenvalue weighted by molar-refractivity contribution is -0.142. The fourth-order valence-corrected chi connectivity index (χ4v) is 0.389. The molecule has 84 valence electrons. The molecular weight excluding hydrogens is 188 g/mol. The second-order valence-corrected chi connectivity index (χ2v) is 2.28. The zero-order valence-corrected chi connectivity index (χ0v) is 8.91. The Labute approximate surface area is 84.0 Å². The van der Waals surface area contributed by atoms with Crippen molar-refractivity contribution in [3.05, 3.63) is 0 Å². The van der Waals surface area contributed by atoms with Gasteiger partial charge in [0.15, 0.2) is 0 Å². The Bertz CT molecular complexity index is 155. The standard InChI is InChI=1S/C6H12O3.C3H6O2/c1-3-8-4-5-9-6(2)7;1-2-3(4)5/h3-5H2,1-2H3;2H2,1H3,(H,4,5). The molecule has 0 bridgehead atoms. The van der Waals surface area contributed by atoms with Gasteiger partial charge in [-0.05, 0) is 6.92 Å². The fourth-order valence-electron chi connectivity index (χ4n) is 0.389. The van der Waals surface area contributed by atoms with Crippen LogP contribution in [0.15, 0.2) is 0 Å². The number of carbonyl (C=O) groups excluding carboxylic acids is 1. The zero-order chi connectivity index (χ0) is 11.4. The first-order valence-electron chi connectivity index (χ1n) is 4.47. The summed E-state index contributed by atoms with van der Waals surface area (Å²) in [7, 11) is 0. The van der Waals surface area contributed by atoms with Crippen LogP contribution in [0.1, 0.15) is 27.2 Å². The van der Waals surface area contributed by atoms with Crippen molar-refractivity contribution in [2.24, 2.45) is 0 Å². The van der Waals surface area contributed by atoms with Crippen LogP contribution in [0.5, 0.6) is 0 Å².